The second-order valence-corrected chi connectivity index (χ2v) is 55.1. The Morgan fingerprint density at radius 2 is 0.343 bits per heavy atom. The van der Waals surface area contributed by atoms with Gasteiger partial charge in [-0.15, -0.1) is 0 Å². The predicted octanol–water partition coefficient (Wildman–Crippen LogP) is 26.3. The predicted molar refractivity (Wildman–Crippen MR) is 439 cm³/mol. The minimum absolute atomic E-state index is 0.0136. The average Bonchev–Trinajstić information content (AvgIpc) is 0.628. The summed E-state index contributed by atoms with van der Waals surface area (Å²) in [5.41, 5.74) is 40.4. The Morgan fingerprint density at radius 3 is 0.480 bits per heavy atom. The van der Waals surface area contributed by atoms with E-state index < -0.39 is 19.0 Å². The summed E-state index contributed by atoms with van der Waals surface area (Å²) in [5, 5.41) is 0. The van der Waals surface area contributed by atoms with Crippen LogP contribution in [0.15, 0.2) is 72.8 Å². The first-order valence-corrected chi connectivity index (χ1v) is 51.0. The molecule has 0 aliphatic heterocycles. The number of hydrogen-bond donors (Lipinski definition) is 0. The Kier molecular flexibility index (Phi) is 16.0. The zero-order chi connectivity index (χ0) is 73.5. The van der Waals surface area contributed by atoms with E-state index in [0.717, 1.165) is 12.8 Å². The molecule has 0 aromatic heterocycles. The molecular weight excluding hydrogens is 1400 g/mol. The van der Waals surface area contributed by atoms with Crippen LogP contribution < -0.4 is 0 Å². The van der Waals surface area contributed by atoms with Crippen molar-refractivity contribution in [3.63, 3.8) is 0 Å². The quantitative estimate of drug-likeness (QED) is 0.0846. The molecule has 0 saturated heterocycles. The molecule has 0 fully saturated rings. The Labute approximate surface area is 636 Å². The van der Waals surface area contributed by atoms with E-state index in [1.807, 2.05) is 0 Å². The van der Waals surface area contributed by atoms with Crippen LogP contribution in [0.1, 0.15) is 455 Å². The monoisotopic (exact) mass is 1540 g/mol. The number of unbranched alkanes of at least 4 members (excludes halogenated alkanes) is 6. The first kappa shape index (κ1) is 72.8. The van der Waals surface area contributed by atoms with E-state index in [1.165, 1.54) is 128 Å². The zero-order valence-corrected chi connectivity index (χ0v) is 73.8. The van der Waals surface area contributed by atoms with Gasteiger partial charge in [-0.25, -0.2) is 0 Å². The van der Waals surface area contributed by atoms with Crippen molar-refractivity contribution in [3.05, 3.63) is 206 Å². The summed E-state index contributed by atoms with van der Waals surface area (Å²) in [6.45, 7) is 68.8. The summed E-state index contributed by atoms with van der Waals surface area (Å²) in [4.78, 5) is 0. The third kappa shape index (κ3) is 9.53. The van der Waals surface area contributed by atoms with Crippen molar-refractivity contribution in [2.45, 2.75) is 406 Å². The van der Waals surface area contributed by atoms with Crippen LogP contribution in [-0.2, 0) is 84.3 Å². The molecule has 0 unspecified atom stereocenters. The molecule has 0 nitrogen and oxygen atoms in total. The van der Waals surface area contributed by atoms with Gasteiger partial charge in [-0.1, -0.05) is 0 Å². The number of benzene rings is 6. The van der Waals surface area contributed by atoms with Gasteiger partial charge in [0.2, 0.25) is 0 Å². The molecule has 102 heavy (non-hydrogen) atoms. The van der Waals surface area contributed by atoms with Crippen LogP contribution in [0.2, 0.25) is 0 Å². The van der Waals surface area contributed by atoms with E-state index >= 15 is 0 Å². The minimum atomic E-state index is -3.35. The maximum atomic E-state index is 3.10. The second kappa shape index (κ2) is 22.4. The molecule has 12 aliphatic rings. The van der Waals surface area contributed by atoms with Gasteiger partial charge in [-0.05, 0) is 0 Å². The van der Waals surface area contributed by atoms with Gasteiger partial charge in [0.25, 0.3) is 0 Å². The molecule has 0 atom stereocenters. The van der Waals surface area contributed by atoms with Gasteiger partial charge in [0, 0.05) is 0 Å². The molecule has 0 amide bonds. The number of rotatable bonds is 12. The molecule has 6 aromatic carbocycles. The van der Waals surface area contributed by atoms with Gasteiger partial charge < -0.3 is 0 Å². The summed E-state index contributed by atoms with van der Waals surface area (Å²) in [5.74, 6) is 0. The molecule has 4 bridgehead atoms. The molecule has 2 heteroatoms. The van der Waals surface area contributed by atoms with Gasteiger partial charge in [0.15, 0.2) is 0 Å². The fourth-order valence-corrected chi connectivity index (χ4v) is 41.5. The normalized spacial score (nSPS) is 29.0. The van der Waals surface area contributed by atoms with E-state index in [-0.39, 0.29) is 75.8 Å². The second-order valence-electron chi connectivity index (χ2n) is 44.5. The summed E-state index contributed by atoms with van der Waals surface area (Å²) in [6.07, 6.45) is 26.9. The van der Waals surface area contributed by atoms with Crippen molar-refractivity contribution in [2.75, 3.05) is 0 Å². The van der Waals surface area contributed by atoms with Gasteiger partial charge in [-0.2, -0.15) is 0 Å². The van der Waals surface area contributed by atoms with Crippen molar-refractivity contribution in [3.8, 4) is 0 Å². The van der Waals surface area contributed by atoms with Crippen molar-refractivity contribution in [1.29, 1.82) is 0 Å². The van der Waals surface area contributed by atoms with Gasteiger partial charge in [-0.3, -0.25) is 0 Å². The fraction of sp³-hybridized carbons (Fsp3) is 0.640. The Morgan fingerprint density at radius 1 is 0.206 bits per heavy atom. The van der Waals surface area contributed by atoms with Gasteiger partial charge in [0.05, 0.1) is 0 Å². The van der Waals surface area contributed by atoms with E-state index in [9.17, 15) is 0 Å². The van der Waals surface area contributed by atoms with E-state index in [1.54, 1.807) is 134 Å². The first-order chi connectivity index (χ1) is 47.2. The molecule has 12 aliphatic carbocycles. The van der Waals surface area contributed by atoms with Crippen molar-refractivity contribution < 1.29 is 0 Å². The molecule has 0 N–H and O–H groups in total. The van der Waals surface area contributed by atoms with E-state index in [2.05, 4.69) is 272 Å². The molecule has 18 rings (SSSR count). The van der Waals surface area contributed by atoms with Crippen LogP contribution in [0.4, 0.5) is 0 Å². The summed E-state index contributed by atoms with van der Waals surface area (Å²) in [7, 11) is -3.35. The summed E-state index contributed by atoms with van der Waals surface area (Å²) in [6, 6.07) is 36.8. The van der Waals surface area contributed by atoms with Gasteiger partial charge in [0.1, 0.15) is 0 Å². The molecule has 0 heterocycles. The Hall–Kier alpha value is -3.35. The summed E-state index contributed by atoms with van der Waals surface area (Å²) >= 11 is 3.01. The number of fused-ring (bicyclic) bond motifs is 6. The van der Waals surface area contributed by atoms with Crippen LogP contribution in [0.25, 0.3) is 0 Å². The van der Waals surface area contributed by atoms with Crippen LogP contribution in [0.5, 0.6) is 0 Å². The van der Waals surface area contributed by atoms with E-state index in [4.69, 9.17) is 0 Å². The fourth-order valence-electron chi connectivity index (χ4n) is 24.9. The summed E-state index contributed by atoms with van der Waals surface area (Å²) < 4.78 is -0.905. The van der Waals surface area contributed by atoms with E-state index in [0.29, 0.717) is 0 Å². The molecular formula is C100H134GeTe. The number of hydrogen-bond acceptors (Lipinski definition) is 0. The molecule has 6 aromatic rings. The SMILES string of the molecule is CCCCCCC12c3cc4c(cc3[C]([Ge](=[Te])[C]35c6cc7c(cc6C(CCCCCC)(c6cc8c(cc63)C(C)(C)CCC8(C)C)c3cc6c(cc35)C(C)(C)CCC6(C)C)C(C)(C)CCC7(C)C)(c3cc5c(cc31)C(C)(C)CCC5(C)C)c1cc3c(cc12)C(C)(C)CCC3(C)C)C(C)(C)CCC4(C)C. The van der Waals surface area contributed by atoms with Crippen LogP contribution in [0.3, 0.4) is 0 Å². The van der Waals surface area contributed by atoms with Crippen LogP contribution >= 0.6 is 0 Å². The molecule has 544 valence electrons. The third-order valence-electron chi connectivity index (χ3n) is 32.6. The van der Waals surface area contributed by atoms with Gasteiger partial charge >= 0.3 is 642 Å². The van der Waals surface area contributed by atoms with Crippen molar-refractivity contribution >= 4 is 29.9 Å². The molecule has 0 saturated carbocycles. The van der Waals surface area contributed by atoms with Crippen LogP contribution in [0, 0.1) is 0 Å². The first-order valence-electron chi connectivity index (χ1n) is 42.0. The molecule has 0 radical (unpaired) electrons. The Bertz CT molecular complexity index is 3880. The third-order valence-corrected chi connectivity index (χ3v) is 48.0. The topological polar surface area (TPSA) is 0 Å². The standard InChI is InChI=1S/C100H134GeTe/c1-27-29-31-33-35-97-73-49-61-67(91(15,16)43-37-85(61,3)4)55-79(73)99(80-56-68-62(50-74(80)97)86(5,6)38-44-92(68,17)18,81-57-69-63(51-75(81)97)87(7,8)39-45-93(69,19)20)101(102)100-82-58-70-64(88(9,10)40-46-94(70,21)22)52-76(82)98(36-34-32-30-28-2,77-53-65-71(59-83(77)100)95(23,24)47-41-89(65,11)12)78-54-66-72(60-84(78)100)96(25,26)48-42-90(66,13)14/h49-60H,27-48H2,1-26H3. The average molecular weight is 1540 g/mol. The Balaban J connectivity index is 1.20. The van der Waals surface area contributed by atoms with Crippen molar-refractivity contribution in [2.24, 2.45) is 0 Å². The van der Waals surface area contributed by atoms with Crippen LogP contribution in [-0.4, -0.2) is 29.9 Å². The molecule has 0 spiro atoms. The maximum absolute atomic E-state index is 3.35. The van der Waals surface area contributed by atoms with Crippen molar-refractivity contribution in [1.82, 2.24) is 0 Å². The zero-order valence-electron chi connectivity index (χ0n) is 69.4.